The molecule has 8 nitrogen and oxygen atoms in total. The van der Waals surface area contributed by atoms with Crippen LogP contribution in [0.15, 0.2) is 39.5 Å². The van der Waals surface area contributed by atoms with Gasteiger partial charge in [-0.05, 0) is 36.8 Å². The Balaban J connectivity index is 1.76. The van der Waals surface area contributed by atoms with E-state index in [9.17, 15) is 9.59 Å². The lowest BCUT2D eigenvalue weighted by molar-refractivity contribution is -0.139. The molecule has 162 valence electrons. The first-order valence-electron chi connectivity index (χ1n) is 9.71. The molecule has 0 saturated carbocycles. The number of methoxy groups -OCH3 is 3. The van der Waals surface area contributed by atoms with Crippen LogP contribution in [-0.4, -0.2) is 34.0 Å². The smallest absolute Gasteiger partial charge is 0.340 e. The van der Waals surface area contributed by atoms with E-state index < -0.39 is 11.6 Å². The minimum Gasteiger partial charge on any atom is -0.493 e. The first-order valence-corrected chi connectivity index (χ1v) is 9.71. The number of nitrogens with zero attached hydrogens (tertiary/aromatic N) is 1. The standard InChI is InChI=1S/C23H23NO7/c1-13-15-6-8-18-17(22(15)31-23(26)16(13)10-21(25)29-4)11-24(12-30-18)14-5-7-19(27-2)20(9-14)28-3/h5-9H,10-12H2,1-4H3. The summed E-state index contributed by atoms with van der Waals surface area (Å²) in [6.45, 7) is 2.61. The predicted molar refractivity (Wildman–Crippen MR) is 114 cm³/mol. The van der Waals surface area contributed by atoms with Crippen LogP contribution in [0.1, 0.15) is 16.7 Å². The summed E-state index contributed by atoms with van der Waals surface area (Å²) in [6.07, 6.45) is -0.133. The van der Waals surface area contributed by atoms with Crippen molar-refractivity contribution in [3.8, 4) is 17.2 Å². The van der Waals surface area contributed by atoms with Gasteiger partial charge < -0.3 is 28.3 Å². The molecule has 0 atom stereocenters. The molecule has 0 radical (unpaired) electrons. The van der Waals surface area contributed by atoms with E-state index in [1.54, 1.807) is 21.1 Å². The molecule has 8 heteroatoms. The molecule has 0 spiro atoms. The summed E-state index contributed by atoms with van der Waals surface area (Å²) in [7, 11) is 4.46. The highest BCUT2D eigenvalue weighted by atomic mass is 16.5. The Hall–Kier alpha value is -3.68. The van der Waals surface area contributed by atoms with Gasteiger partial charge >= 0.3 is 11.6 Å². The van der Waals surface area contributed by atoms with E-state index in [4.69, 9.17) is 23.4 Å². The Morgan fingerprint density at radius 2 is 1.87 bits per heavy atom. The van der Waals surface area contributed by atoms with Crippen LogP contribution in [-0.2, 0) is 22.5 Å². The van der Waals surface area contributed by atoms with E-state index in [0.717, 1.165) is 16.6 Å². The van der Waals surface area contributed by atoms with Crippen molar-refractivity contribution in [1.82, 2.24) is 0 Å². The summed E-state index contributed by atoms with van der Waals surface area (Å²) < 4.78 is 27.0. The number of esters is 1. The van der Waals surface area contributed by atoms with Crippen molar-refractivity contribution in [2.75, 3.05) is 33.0 Å². The van der Waals surface area contributed by atoms with Gasteiger partial charge in [-0.3, -0.25) is 4.79 Å². The summed E-state index contributed by atoms with van der Waals surface area (Å²) >= 11 is 0. The quantitative estimate of drug-likeness (QED) is 0.455. The zero-order chi connectivity index (χ0) is 22.1. The van der Waals surface area contributed by atoms with Gasteiger partial charge in [0.2, 0.25) is 0 Å². The van der Waals surface area contributed by atoms with Crippen molar-refractivity contribution in [3.63, 3.8) is 0 Å². The van der Waals surface area contributed by atoms with Crippen molar-refractivity contribution < 1.29 is 28.2 Å². The summed E-state index contributed by atoms with van der Waals surface area (Å²) in [5.41, 5.74) is 2.55. The summed E-state index contributed by atoms with van der Waals surface area (Å²) in [5.74, 6) is 1.41. The number of hydrogen-bond donors (Lipinski definition) is 0. The number of fused-ring (bicyclic) bond motifs is 3. The van der Waals surface area contributed by atoms with Gasteiger partial charge in [-0.1, -0.05) is 0 Å². The zero-order valence-electron chi connectivity index (χ0n) is 17.8. The Labute approximate surface area is 178 Å². The Morgan fingerprint density at radius 3 is 2.58 bits per heavy atom. The van der Waals surface area contributed by atoms with Crippen LogP contribution in [0.3, 0.4) is 0 Å². The first kappa shape index (κ1) is 20.6. The van der Waals surface area contributed by atoms with E-state index in [1.807, 2.05) is 35.2 Å². The van der Waals surface area contributed by atoms with E-state index in [0.29, 0.717) is 47.2 Å². The zero-order valence-corrected chi connectivity index (χ0v) is 17.8. The van der Waals surface area contributed by atoms with Gasteiger partial charge in [0.25, 0.3) is 0 Å². The molecule has 31 heavy (non-hydrogen) atoms. The van der Waals surface area contributed by atoms with Crippen LogP contribution < -0.4 is 24.7 Å². The largest absolute Gasteiger partial charge is 0.493 e. The third-order valence-corrected chi connectivity index (χ3v) is 5.52. The van der Waals surface area contributed by atoms with Crippen LogP contribution in [0.5, 0.6) is 17.2 Å². The average Bonchev–Trinajstić information content (AvgIpc) is 2.80. The molecule has 2 aromatic carbocycles. The molecule has 0 N–H and O–H groups in total. The average molecular weight is 425 g/mol. The van der Waals surface area contributed by atoms with Crippen LogP contribution in [0, 0.1) is 6.92 Å². The highest BCUT2D eigenvalue weighted by Gasteiger charge is 2.25. The molecule has 2 heterocycles. The lowest BCUT2D eigenvalue weighted by atomic mass is 10.00. The minimum atomic E-state index is -0.549. The molecule has 1 aliphatic heterocycles. The Bertz CT molecular complexity index is 1210. The summed E-state index contributed by atoms with van der Waals surface area (Å²) in [6, 6.07) is 9.32. The van der Waals surface area contributed by atoms with Gasteiger partial charge in [-0.2, -0.15) is 0 Å². The molecule has 0 fully saturated rings. The van der Waals surface area contributed by atoms with Gasteiger partial charge in [0.15, 0.2) is 18.2 Å². The molecule has 4 rings (SSSR count). The maximum absolute atomic E-state index is 12.6. The third kappa shape index (κ3) is 3.65. The lowest BCUT2D eigenvalue weighted by Crippen LogP contribution is -2.32. The number of rotatable bonds is 5. The molecular weight excluding hydrogens is 402 g/mol. The molecule has 1 aliphatic rings. The van der Waals surface area contributed by atoms with Gasteiger partial charge in [-0.15, -0.1) is 0 Å². The highest BCUT2D eigenvalue weighted by molar-refractivity contribution is 5.87. The molecule has 3 aromatic rings. The number of carbonyl (C=O) groups is 1. The normalized spacial score (nSPS) is 12.8. The second-order valence-corrected chi connectivity index (χ2v) is 7.18. The van der Waals surface area contributed by atoms with Crippen molar-refractivity contribution in [1.29, 1.82) is 0 Å². The number of benzene rings is 2. The number of aryl methyl sites for hydroxylation is 1. The van der Waals surface area contributed by atoms with Crippen LogP contribution in [0.4, 0.5) is 5.69 Å². The van der Waals surface area contributed by atoms with Gasteiger partial charge in [0.05, 0.1) is 45.4 Å². The van der Waals surface area contributed by atoms with E-state index >= 15 is 0 Å². The Morgan fingerprint density at radius 1 is 1.10 bits per heavy atom. The van der Waals surface area contributed by atoms with Crippen LogP contribution >= 0.6 is 0 Å². The summed E-state index contributed by atoms with van der Waals surface area (Å²) in [4.78, 5) is 26.3. The SMILES string of the molecule is COC(=O)Cc1c(C)c2ccc3c(c2oc1=O)CN(c1ccc(OC)c(OC)c1)CO3. The van der Waals surface area contributed by atoms with Gasteiger partial charge in [0.1, 0.15) is 11.3 Å². The van der Waals surface area contributed by atoms with Gasteiger partial charge in [-0.25, -0.2) is 4.79 Å². The second kappa shape index (κ2) is 8.22. The van der Waals surface area contributed by atoms with Crippen molar-refractivity contribution in [2.45, 2.75) is 19.9 Å². The first-order chi connectivity index (χ1) is 15.0. The maximum atomic E-state index is 12.6. The molecule has 0 aliphatic carbocycles. The van der Waals surface area contributed by atoms with E-state index in [2.05, 4.69) is 0 Å². The van der Waals surface area contributed by atoms with Crippen molar-refractivity contribution in [2.24, 2.45) is 0 Å². The lowest BCUT2D eigenvalue weighted by Gasteiger charge is -2.31. The highest BCUT2D eigenvalue weighted by Crippen LogP contribution is 2.37. The second-order valence-electron chi connectivity index (χ2n) is 7.18. The number of ether oxygens (including phenoxy) is 4. The van der Waals surface area contributed by atoms with E-state index in [-0.39, 0.29) is 6.42 Å². The van der Waals surface area contributed by atoms with Gasteiger partial charge in [0, 0.05) is 17.1 Å². The van der Waals surface area contributed by atoms with Crippen molar-refractivity contribution in [3.05, 3.63) is 57.4 Å². The minimum absolute atomic E-state index is 0.133. The number of anilines is 1. The molecule has 0 amide bonds. The molecular formula is C23H23NO7. The molecule has 0 saturated heterocycles. The fourth-order valence-electron chi connectivity index (χ4n) is 3.77. The fourth-order valence-corrected chi connectivity index (χ4v) is 3.77. The number of carbonyl (C=O) groups excluding carboxylic acids is 1. The fraction of sp³-hybridized carbons (Fsp3) is 0.304. The van der Waals surface area contributed by atoms with Crippen LogP contribution in [0.25, 0.3) is 11.0 Å². The molecule has 1 aromatic heterocycles. The van der Waals surface area contributed by atoms with E-state index in [1.165, 1.54) is 7.11 Å². The Kier molecular flexibility index (Phi) is 5.46. The van der Waals surface area contributed by atoms with Crippen LogP contribution in [0.2, 0.25) is 0 Å². The topological polar surface area (TPSA) is 87.4 Å². The number of hydrogen-bond acceptors (Lipinski definition) is 8. The third-order valence-electron chi connectivity index (χ3n) is 5.52. The predicted octanol–water partition coefficient (Wildman–Crippen LogP) is 3.19. The molecule has 0 unspecified atom stereocenters. The van der Waals surface area contributed by atoms with Crippen molar-refractivity contribution >= 4 is 22.6 Å². The summed E-state index contributed by atoms with van der Waals surface area (Å²) in [5, 5.41) is 0.759. The monoisotopic (exact) mass is 425 g/mol. The maximum Gasteiger partial charge on any atom is 0.340 e. The molecule has 0 bridgehead atoms.